The van der Waals surface area contributed by atoms with E-state index in [1.165, 1.54) is 11.1 Å². The van der Waals surface area contributed by atoms with Crippen LogP contribution in [0.3, 0.4) is 0 Å². The van der Waals surface area contributed by atoms with Crippen molar-refractivity contribution < 1.29 is 0 Å². The number of benzene rings is 2. The first-order valence-electron chi connectivity index (χ1n) is 5.64. The van der Waals surface area contributed by atoms with Crippen molar-refractivity contribution in [2.75, 3.05) is 0 Å². The van der Waals surface area contributed by atoms with E-state index in [4.69, 9.17) is 5.73 Å². The maximum absolute atomic E-state index is 6.27. The average Bonchev–Trinajstić information content (AvgIpc) is 2.39. The van der Waals surface area contributed by atoms with Gasteiger partial charge < -0.3 is 5.73 Å². The number of rotatable bonds is 3. The van der Waals surface area contributed by atoms with E-state index in [2.05, 4.69) is 43.3 Å². The Morgan fingerprint density at radius 3 is 1.69 bits per heavy atom. The van der Waals surface area contributed by atoms with Gasteiger partial charge in [-0.3, -0.25) is 0 Å². The number of hydrogen-bond donors (Lipinski definition) is 1. The van der Waals surface area contributed by atoms with Gasteiger partial charge >= 0.3 is 0 Å². The second-order valence-electron chi connectivity index (χ2n) is 4.14. The van der Waals surface area contributed by atoms with Crippen molar-refractivity contribution in [2.24, 2.45) is 5.73 Å². The molecule has 1 heteroatoms. The number of hydrogen-bond acceptors (Lipinski definition) is 1. The van der Waals surface area contributed by atoms with Crippen LogP contribution >= 0.6 is 0 Å². The standard InChI is InChI=1S/C15H17N/c1-12(13-8-4-2-5-9-13)15(16)14-10-6-3-7-11-14/h2-12,15H,16H2,1H3/t12?,15-/m1/s1. The zero-order valence-corrected chi connectivity index (χ0v) is 9.51. The fourth-order valence-corrected chi connectivity index (χ4v) is 1.93. The Morgan fingerprint density at radius 2 is 1.19 bits per heavy atom. The zero-order valence-electron chi connectivity index (χ0n) is 9.51. The zero-order chi connectivity index (χ0) is 11.4. The molecule has 2 aromatic rings. The summed E-state index contributed by atoms with van der Waals surface area (Å²) in [6.45, 7) is 2.17. The predicted octanol–water partition coefficient (Wildman–Crippen LogP) is 3.49. The topological polar surface area (TPSA) is 26.0 Å². The van der Waals surface area contributed by atoms with Crippen molar-refractivity contribution in [2.45, 2.75) is 18.9 Å². The Balaban J connectivity index is 2.20. The molecular formula is C15H17N. The SMILES string of the molecule is CC(c1ccccc1)[C@@H](N)c1ccccc1. The van der Waals surface area contributed by atoms with Crippen molar-refractivity contribution in [3.8, 4) is 0 Å². The van der Waals surface area contributed by atoms with Crippen LogP contribution in [0.5, 0.6) is 0 Å². The van der Waals surface area contributed by atoms with Gasteiger partial charge in [-0.05, 0) is 11.1 Å². The molecule has 2 aromatic carbocycles. The van der Waals surface area contributed by atoms with Gasteiger partial charge in [-0.1, -0.05) is 67.6 Å². The molecule has 0 aliphatic heterocycles. The molecule has 0 saturated heterocycles. The Kier molecular flexibility index (Phi) is 3.37. The molecular weight excluding hydrogens is 194 g/mol. The molecule has 0 radical (unpaired) electrons. The van der Waals surface area contributed by atoms with E-state index < -0.39 is 0 Å². The third kappa shape index (κ3) is 2.31. The molecule has 0 aliphatic carbocycles. The second kappa shape index (κ2) is 4.95. The van der Waals surface area contributed by atoms with Gasteiger partial charge in [0, 0.05) is 12.0 Å². The van der Waals surface area contributed by atoms with E-state index in [0.717, 1.165) is 0 Å². The lowest BCUT2D eigenvalue weighted by Crippen LogP contribution is -2.17. The quantitative estimate of drug-likeness (QED) is 0.826. The van der Waals surface area contributed by atoms with E-state index >= 15 is 0 Å². The van der Waals surface area contributed by atoms with Gasteiger partial charge in [0.05, 0.1) is 0 Å². The Morgan fingerprint density at radius 1 is 0.750 bits per heavy atom. The van der Waals surface area contributed by atoms with Gasteiger partial charge in [-0.2, -0.15) is 0 Å². The highest BCUT2D eigenvalue weighted by Gasteiger charge is 2.15. The molecule has 82 valence electrons. The van der Waals surface area contributed by atoms with E-state index in [1.807, 2.05) is 24.3 Å². The molecule has 0 spiro atoms. The summed E-state index contributed by atoms with van der Waals surface area (Å²) in [7, 11) is 0. The third-order valence-electron chi connectivity index (χ3n) is 3.05. The molecule has 2 atom stereocenters. The van der Waals surface area contributed by atoms with Crippen LogP contribution in [0.1, 0.15) is 30.0 Å². The normalized spacial score (nSPS) is 14.4. The van der Waals surface area contributed by atoms with E-state index in [9.17, 15) is 0 Å². The summed E-state index contributed by atoms with van der Waals surface area (Å²) in [6, 6.07) is 20.7. The van der Waals surface area contributed by atoms with Gasteiger partial charge in [-0.15, -0.1) is 0 Å². The minimum atomic E-state index is 0.0589. The summed E-state index contributed by atoms with van der Waals surface area (Å²) in [6.07, 6.45) is 0. The molecule has 0 saturated carbocycles. The van der Waals surface area contributed by atoms with Crippen molar-refractivity contribution in [3.63, 3.8) is 0 Å². The van der Waals surface area contributed by atoms with E-state index in [0.29, 0.717) is 5.92 Å². The Labute approximate surface area is 96.9 Å². The fraction of sp³-hybridized carbons (Fsp3) is 0.200. The van der Waals surface area contributed by atoms with Crippen molar-refractivity contribution in [1.82, 2.24) is 0 Å². The van der Waals surface area contributed by atoms with Crippen molar-refractivity contribution in [1.29, 1.82) is 0 Å². The van der Waals surface area contributed by atoms with E-state index in [1.54, 1.807) is 0 Å². The van der Waals surface area contributed by atoms with Crippen LogP contribution in [-0.2, 0) is 0 Å². The lowest BCUT2D eigenvalue weighted by molar-refractivity contribution is 0.598. The highest BCUT2D eigenvalue weighted by Crippen LogP contribution is 2.27. The van der Waals surface area contributed by atoms with Crippen LogP contribution in [0.15, 0.2) is 60.7 Å². The summed E-state index contributed by atoms with van der Waals surface area (Å²) in [4.78, 5) is 0. The lowest BCUT2D eigenvalue weighted by atomic mass is 9.89. The van der Waals surface area contributed by atoms with Gasteiger partial charge in [0.25, 0.3) is 0 Å². The van der Waals surface area contributed by atoms with Gasteiger partial charge in [0.1, 0.15) is 0 Å². The molecule has 1 nitrogen and oxygen atoms in total. The highest BCUT2D eigenvalue weighted by molar-refractivity contribution is 5.26. The molecule has 0 bridgehead atoms. The van der Waals surface area contributed by atoms with E-state index in [-0.39, 0.29) is 6.04 Å². The largest absolute Gasteiger partial charge is 0.323 e. The van der Waals surface area contributed by atoms with Crippen LogP contribution < -0.4 is 5.73 Å². The van der Waals surface area contributed by atoms with Crippen LogP contribution in [0.25, 0.3) is 0 Å². The van der Waals surface area contributed by atoms with Crippen LogP contribution in [0.2, 0.25) is 0 Å². The molecule has 2 rings (SSSR count). The molecule has 2 N–H and O–H groups in total. The summed E-state index contributed by atoms with van der Waals surface area (Å²) in [5.41, 5.74) is 8.75. The predicted molar refractivity (Wildman–Crippen MR) is 68.2 cm³/mol. The smallest absolute Gasteiger partial charge is 0.0361 e. The first kappa shape index (κ1) is 10.9. The van der Waals surface area contributed by atoms with Crippen molar-refractivity contribution in [3.05, 3.63) is 71.8 Å². The summed E-state index contributed by atoms with van der Waals surface area (Å²) in [5, 5.41) is 0. The molecule has 0 fully saturated rings. The monoisotopic (exact) mass is 211 g/mol. The van der Waals surface area contributed by atoms with Gasteiger partial charge in [0.15, 0.2) is 0 Å². The summed E-state index contributed by atoms with van der Waals surface area (Å²) < 4.78 is 0. The number of nitrogens with two attached hydrogens (primary N) is 1. The average molecular weight is 211 g/mol. The van der Waals surface area contributed by atoms with Crippen LogP contribution in [0, 0.1) is 0 Å². The molecule has 0 aliphatic rings. The molecule has 16 heavy (non-hydrogen) atoms. The second-order valence-corrected chi connectivity index (χ2v) is 4.14. The first-order chi connectivity index (χ1) is 7.79. The van der Waals surface area contributed by atoms with Crippen molar-refractivity contribution >= 4 is 0 Å². The summed E-state index contributed by atoms with van der Waals surface area (Å²) in [5.74, 6) is 0.337. The minimum absolute atomic E-state index is 0.0589. The highest BCUT2D eigenvalue weighted by atomic mass is 14.6. The lowest BCUT2D eigenvalue weighted by Gasteiger charge is -2.20. The Hall–Kier alpha value is -1.60. The third-order valence-corrected chi connectivity index (χ3v) is 3.05. The molecule has 0 heterocycles. The molecule has 0 aromatic heterocycles. The minimum Gasteiger partial charge on any atom is -0.323 e. The summed E-state index contributed by atoms with van der Waals surface area (Å²) >= 11 is 0. The van der Waals surface area contributed by atoms with Crippen LogP contribution in [-0.4, -0.2) is 0 Å². The van der Waals surface area contributed by atoms with Gasteiger partial charge in [-0.25, -0.2) is 0 Å². The molecule has 1 unspecified atom stereocenters. The maximum atomic E-state index is 6.27. The molecule has 0 amide bonds. The Bertz CT molecular complexity index is 378. The fourth-order valence-electron chi connectivity index (χ4n) is 1.93. The first-order valence-corrected chi connectivity index (χ1v) is 5.64. The maximum Gasteiger partial charge on any atom is 0.0361 e. The van der Waals surface area contributed by atoms with Gasteiger partial charge in [0.2, 0.25) is 0 Å². The van der Waals surface area contributed by atoms with Crippen LogP contribution in [0.4, 0.5) is 0 Å².